The monoisotopic (exact) mass is 245 g/mol. The summed E-state index contributed by atoms with van der Waals surface area (Å²) in [5.41, 5.74) is 1.53. The van der Waals surface area contributed by atoms with Crippen LogP contribution in [0.15, 0.2) is 24.3 Å². The molecule has 0 saturated heterocycles. The summed E-state index contributed by atoms with van der Waals surface area (Å²) in [6.07, 6.45) is 2.41. The molecule has 0 spiro atoms. The van der Waals surface area contributed by atoms with Crippen LogP contribution >= 0.6 is 0 Å². The Morgan fingerprint density at radius 1 is 1.22 bits per heavy atom. The molecule has 0 N–H and O–H groups in total. The lowest BCUT2D eigenvalue weighted by atomic mass is 9.82. The van der Waals surface area contributed by atoms with Gasteiger partial charge in [0.15, 0.2) is 0 Å². The lowest BCUT2D eigenvalue weighted by molar-refractivity contribution is 0.202. The van der Waals surface area contributed by atoms with Crippen molar-refractivity contribution in [2.24, 2.45) is 0 Å². The fourth-order valence-corrected chi connectivity index (χ4v) is 1.75. The van der Waals surface area contributed by atoms with Gasteiger partial charge in [-0.15, -0.1) is 0 Å². The standard InChI is InChI=1S/C16H23NO/c1-5-14(11-12-17)18-15-9-7-13(8-10-15)16(3,4)6-2/h7-10,14H,5-6,11H2,1-4H3. The molecule has 1 unspecified atom stereocenters. The maximum atomic E-state index is 8.70. The van der Waals surface area contributed by atoms with E-state index < -0.39 is 0 Å². The largest absolute Gasteiger partial charge is 0.489 e. The van der Waals surface area contributed by atoms with Gasteiger partial charge in [0.25, 0.3) is 0 Å². The van der Waals surface area contributed by atoms with Gasteiger partial charge >= 0.3 is 0 Å². The molecule has 2 heteroatoms. The summed E-state index contributed by atoms with van der Waals surface area (Å²) in [5, 5.41) is 8.70. The number of hydrogen-bond donors (Lipinski definition) is 0. The molecule has 1 rings (SSSR count). The van der Waals surface area contributed by atoms with Gasteiger partial charge in [-0.2, -0.15) is 5.26 Å². The first-order valence-corrected chi connectivity index (χ1v) is 6.67. The third-order valence-corrected chi connectivity index (χ3v) is 3.60. The van der Waals surface area contributed by atoms with Crippen LogP contribution in [0.1, 0.15) is 52.5 Å². The number of rotatable bonds is 6. The molecular weight excluding hydrogens is 222 g/mol. The fourth-order valence-electron chi connectivity index (χ4n) is 1.75. The summed E-state index contributed by atoms with van der Waals surface area (Å²) >= 11 is 0. The van der Waals surface area contributed by atoms with E-state index in [1.807, 2.05) is 19.1 Å². The summed E-state index contributed by atoms with van der Waals surface area (Å²) in [7, 11) is 0. The van der Waals surface area contributed by atoms with Crippen LogP contribution in [0, 0.1) is 11.3 Å². The number of benzene rings is 1. The van der Waals surface area contributed by atoms with Crippen LogP contribution in [0.4, 0.5) is 0 Å². The van der Waals surface area contributed by atoms with Gasteiger partial charge in [0.1, 0.15) is 11.9 Å². The molecule has 0 aliphatic carbocycles. The van der Waals surface area contributed by atoms with E-state index in [0.29, 0.717) is 6.42 Å². The van der Waals surface area contributed by atoms with Crippen molar-refractivity contribution in [3.05, 3.63) is 29.8 Å². The molecule has 2 nitrogen and oxygen atoms in total. The molecule has 0 radical (unpaired) electrons. The van der Waals surface area contributed by atoms with Crippen molar-refractivity contribution < 1.29 is 4.74 Å². The minimum atomic E-state index is 0.0000327. The average molecular weight is 245 g/mol. The molecular formula is C16H23NO. The Kier molecular flexibility index (Phi) is 5.22. The van der Waals surface area contributed by atoms with Crippen molar-refractivity contribution >= 4 is 0 Å². The molecule has 0 aliphatic rings. The van der Waals surface area contributed by atoms with Gasteiger partial charge in [0.2, 0.25) is 0 Å². The molecule has 0 fully saturated rings. The second kappa shape index (κ2) is 6.44. The summed E-state index contributed by atoms with van der Waals surface area (Å²) in [4.78, 5) is 0. The third kappa shape index (κ3) is 3.77. The van der Waals surface area contributed by atoms with E-state index in [-0.39, 0.29) is 11.5 Å². The van der Waals surface area contributed by atoms with Gasteiger partial charge in [-0.25, -0.2) is 0 Å². The molecule has 0 saturated carbocycles. The van der Waals surface area contributed by atoms with E-state index in [9.17, 15) is 0 Å². The smallest absolute Gasteiger partial charge is 0.119 e. The van der Waals surface area contributed by atoms with Gasteiger partial charge in [-0.1, -0.05) is 39.8 Å². The Hall–Kier alpha value is -1.49. The van der Waals surface area contributed by atoms with Gasteiger partial charge < -0.3 is 4.74 Å². The Morgan fingerprint density at radius 2 is 1.83 bits per heavy atom. The quantitative estimate of drug-likeness (QED) is 0.742. The fraction of sp³-hybridized carbons (Fsp3) is 0.562. The molecule has 0 bridgehead atoms. The zero-order chi connectivity index (χ0) is 13.6. The highest BCUT2D eigenvalue weighted by Crippen LogP contribution is 2.28. The molecule has 0 heterocycles. The van der Waals surface area contributed by atoms with Gasteiger partial charge in [0.05, 0.1) is 12.5 Å². The van der Waals surface area contributed by atoms with Crippen molar-refractivity contribution in [1.29, 1.82) is 5.26 Å². The number of nitriles is 1. The van der Waals surface area contributed by atoms with Crippen LogP contribution in [0.5, 0.6) is 5.75 Å². The van der Waals surface area contributed by atoms with Crippen molar-refractivity contribution in [3.8, 4) is 11.8 Å². The Balaban J connectivity index is 2.74. The van der Waals surface area contributed by atoms with Gasteiger partial charge in [-0.3, -0.25) is 0 Å². The molecule has 1 aromatic rings. The average Bonchev–Trinajstić information content (AvgIpc) is 2.39. The van der Waals surface area contributed by atoms with Crippen LogP contribution in [-0.4, -0.2) is 6.10 Å². The second-order valence-electron chi connectivity index (χ2n) is 5.27. The van der Waals surface area contributed by atoms with E-state index >= 15 is 0 Å². The van der Waals surface area contributed by atoms with Crippen molar-refractivity contribution in [2.75, 3.05) is 0 Å². The second-order valence-corrected chi connectivity index (χ2v) is 5.27. The maximum Gasteiger partial charge on any atom is 0.119 e. The van der Waals surface area contributed by atoms with E-state index in [0.717, 1.165) is 18.6 Å². The molecule has 0 amide bonds. The molecule has 98 valence electrons. The van der Waals surface area contributed by atoms with Crippen LogP contribution in [0.2, 0.25) is 0 Å². The maximum absolute atomic E-state index is 8.70. The number of hydrogen-bond acceptors (Lipinski definition) is 2. The predicted octanol–water partition coefficient (Wildman–Crippen LogP) is 4.45. The van der Waals surface area contributed by atoms with Crippen LogP contribution in [0.3, 0.4) is 0 Å². The molecule has 1 aromatic carbocycles. The summed E-state index contributed by atoms with van der Waals surface area (Å²) in [6.45, 7) is 8.72. The Morgan fingerprint density at radius 3 is 2.28 bits per heavy atom. The van der Waals surface area contributed by atoms with Gasteiger partial charge in [0, 0.05) is 0 Å². The summed E-state index contributed by atoms with van der Waals surface area (Å²) < 4.78 is 5.78. The molecule has 1 atom stereocenters. The first kappa shape index (κ1) is 14.6. The third-order valence-electron chi connectivity index (χ3n) is 3.60. The van der Waals surface area contributed by atoms with Crippen LogP contribution < -0.4 is 4.74 Å². The van der Waals surface area contributed by atoms with Crippen LogP contribution in [-0.2, 0) is 5.41 Å². The number of nitrogens with zero attached hydrogens (tertiary/aromatic N) is 1. The first-order chi connectivity index (χ1) is 8.53. The SMILES string of the molecule is CCC(CC#N)Oc1ccc(C(C)(C)CC)cc1. The van der Waals surface area contributed by atoms with Crippen molar-refractivity contribution in [3.63, 3.8) is 0 Å². The van der Waals surface area contributed by atoms with E-state index in [1.165, 1.54) is 5.56 Å². The minimum Gasteiger partial charge on any atom is -0.489 e. The van der Waals surface area contributed by atoms with Crippen LogP contribution in [0.25, 0.3) is 0 Å². The predicted molar refractivity (Wildman–Crippen MR) is 74.7 cm³/mol. The topological polar surface area (TPSA) is 33.0 Å². The first-order valence-electron chi connectivity index (χ1n) is 6.67. The van der Waals surface area contributed by atoms with Crippen molar-refractivity contribution in [2.45, 2.75) is 58.5 Å². The molecule has 18 heavy (non-hydrogen) atoms. The highest BCUT2D eigenvalue weighted by atomic mass is 16.5. The van der Waals surface area contributed by atoms with E-state index in [1.54, 1.807) is 0 Å². The van der Waals surface area contributed by atoms with Crippen molar-refractivity contribution in [1.82, 2.24) is 0 Å². The van der Waals surface area contributed by atoms with E-state index in [2.05, 4.69) is 39.0 Å². The zero-order valence-electron chi connectivity index (χ0n) is 11.9. The summed E-state index contributed by atoms with van der Waals surface area (Å²) in [5.74, 6) is 0.854. The lowest BCUT2D eigenvalue weighted by Gasteiger charge is -2.23. The summed E-state index contributed by atoms with van der Waals surface area (Å²) in [6, 6.07) is 10.4. The lowest BCUT2D eigenvalue weighted by Crippen LogP contribution is -2.16. The Labute approximate surface area is 111 Å². The highest BCUT2D eigenvalue weighted by molar-refractivity contribution is 5.31. The Bertz CT molecular complexity index is 400. The minimum absolute atomic E-state index is 0.0000327. The normalized spacial score (nSPS) is 12.8. The molecule has 0 aliphatic heterocycles. The molecule has 0 aromatic heterocycles. The zero-order valence-corrected chi connectivity index (χ0v) is 11.9. The number of ether oxygens (including phenoxy) is 1. The highest BCUT2D eigenvalue weighted by Gasteiger charge is 2.17. The van der Waals surface area contributed by atoms with E-state index in [4.69, 9.17) is 10.00 Å². The van der Waals surface area contributed by atoms with Gasteiger partial charge in [-0.05, 0) is 36.0 Å².